The maximum absolute atomic E-state index is 3.69. The lowest BCUT2D eigenvalue weighted by Gasteiger charge is -2.31. The Labute approximate surface area is 117 Å². The fourth-order valence-electron chi connectivity index (χ4n) is 2.63. The lowest BCUT2D eigenvalue weighted by atomic mass is 10.0. The highest BCUT2D eigenvalue weighted by atomic mass is 15.1. The van der Waals surface area contributed by atoms with E-state index in [9.17, 15) is 0 Å². The number of piperidine rings is 1. The van der Waals surface area contributed by atoms with Gasteiger partial charge in [0.2, 0.25) is 0 Å². The molecular weight excluding hydrogens is 234 g/mol. The van der Waals surface area contributed by atoms with Gasteiger partial charge in [-0.1, -0.05) is 19.1 Å². The second kappa shape index (κ2) is 6.92. The van der Waals surface area contributed by atoms with Crippen LogP contribution >= 0.6 is 0 Å². The van der Waals surface area contributed by atoms with Gasteiger partial charge in [-0.05, 0) is 50.2 Å². The van der Waals surface area contributed by atoms with Gasteiger partial charge in [-0.15, -0.1) is 0 Å². The largest absolute Gasteiger partial charge is 0.378 e. The fraction of sp³-hybridized carbons (Fsp3) is 0.625. The number of nitrogens with one attached hydrogen (secondary N) is 1. The molecule has 0 amide bonds. The summed E-state index contributed by atoms with van der Waals surface area (Å²) in [6.45, 7) is 6.92. The van der Waals surface area contributed by atoms with Gasteiger partial charge in [0.25, 0.3) is 0 Å². The van der Waals surface area contributed by atoms with Gasteiger partial charge < -0.3 is 15.1 Å². The molecule has 1 aliphatic rings. The molecule has 0 saturated carbocycles. The average molecular weight is 261 g/mol. The zero-order valence-corrected chi connectivity index (χ0v) is 12.5. The summed E-state index contributed by atoms with van der Waals surface area (Å²) in [6, 6.07) is 9.52. The van der Waals surface area contributed by atoms with Crippen molar-refractivity contribution in [3.05, 3.63) is 29.8 Å². The molecule has 106 valence electrons. The van der Waals surface area contributed by atoms with Crippen LogP contribution < -0.4 is 10.2 Å². The molecule has 19 heavy (non-hydrogen) atoms. The molecule has 0 atom stereocenters. The Morgan fingerprint density at radius 2 is 1.79 bits per heavy atom. The number of hydrogen-bond donors (Lipinski definition) is 1. The third-order valence-electron chi connectivity index (χ3n) is 4.08. The van der Waals surface area contributed by atoms with E-state index >= 15 is 0 Å². The van der Waals surface area contributed by atoms with Gasteiger partial charge >= 0.3 is 0 Å². The molecule has 0 aliphatic carbocycles. The first kappa shape index (κ1) is 14.4. The molecular formula is C16H27N3. The highest BCUT2D eigenvalue weighted by molar-refractivity contribution is 5.45. The lowest BCUT2D eigenvalue weighted by Crippen LogP contribution is -2.42. The Balaban J connectivity index is 1.76. The first-order valence-corrected chi connectivity index (χ1v) is 7.41. The van der Waals surface area contributed by atoms with Crippen LogP contribution in [0.4, 0.5) is 5.69 Å². The molecule has 0 spiro atoms. The maximum atomic E-state index is 3.69. The minimum atomic E-state index is 0.691. The summed E-state index contributed by atoms with van der Waals surface area (Å²) in [5.74, 6) is 0. The molecule has 1 aliphatic heterocycles. The third kappa shape index (κ3) is 4.22. The van der Waals surface area contributed by atoms with Gasteiger partial charge in [0, 0.05) is 32.4 Å². The topological polar surface area (TPSA) is 18.5 Å². The zero-order chi connectivity index (χ0) is 13.7. The van der Waals surface area contributed by atoms with Crippen LogP contribution in [0.5, 0.6) is 0 Å². The van der Waals surface area contributed by atoms with Crippen molar-refractivity contribution in [1.82, 2.24) is 10.2 Å². The van der Waals surface area contributed by atoms with Crippen LogP contribution in [-0.4, -0.2) is 44.7 Å². The SMILES string of the molecule is CCN1CCC(NCc2ccc(N(C)C)cc2)CC1. The molecule has 1 heterocycles. The van der Waals surface area contributed by atoms with Crippen LogP contribution in [0.2, 0.25) is 0 Å². The van der Waals surface area contributed by atoms with Crippen LogP contribution in [0.1, 0.15) is 25.3 Å². The van der Waals surface area contributed by atoms with E-state index < -0.39 is 0 Å². The van der Waals surface area contributed by atoms with E-state index in [4.69, 9.17) is 0 Å². The van der Waals surface area contributed by atoms with E-state index in [0.717, 1.165) is 6.54 Å². The van der Waals surface area contributed by atoms with Crippen molar-refractivity contribution in [3.63, 3.8) is 0 Å². The van der Waals surface area contributed by atoms with E-state index in [-0.39, 0.29) is 0 Å². The van der Waals surface area contributed by atoms with Crippen LogP contribution in [0.15, 0.2) is 24.3 Å². The number of hydrogen-bond acceptors (Lipinski definition) is 3. The summed E-state index contributed by atoms with van der Waals surface area (Å²) < 4.78 is 0. The number of rotatable bonds is 5. The second-order valence-corrected chi connectivity index (χ2v) is 5.65. The molecule has 0 unspecified atom stereocenters. The van der Waals surface area contributed by atoms with Gasteiger partial charge in [-0.3, -0.25) is 0 Å². The highest BCUT2D eigenvalue weighted by Gasteiger charge is 2.17. The molecule has 1 aromatic carbocycles. The minimum Gasteiger partial charge on any atom is -0.378 e. The van der Waals surface area contributed by atoms with Crippen molar-refractivity contribution in [1.29, 1.82) is 0 Å². The monoisotopic (exact) mass is 261 g/mol. The molecule has 2 rings (SSSR count). The number of nitrogens with zero attached hydrogens (tertiary/aromatic N) is 2. The summed E-state index contributed by atoms with van der Waals surface area (Å²) in [5.41, 5.74) is 2.64. The molecule has 1 aromatic rings. The predicted octanol–water partition coefficient (Wildman–Crippen LogP) is 2.33. The maximum Gasteiger partial charge on any atom is 0.0361 e. The van der Waals surface area contributed by atoms with Crippen LogP contribution in [-0.2, 0) is 6.54 Å². The van der Waals surface area contributed by atoms with E-state index in [1.807, 2.05) is 0 Å². The molecule has 3 nitrogen and oxygen atoms in total. The smallest absolute Gasteiger partial charge is 0.0361 e. The fourth-order valence-corrected chi connectivity index (χ4v) is 2.63. The summed E-state index contributed by atoms with van der Waals surface area (Å²) in [6.07, 6.45) is 2.56. The van der Waals surface area contributed by atoms with Crippen molar-refractivity contribution < 1.29 is 0 Å². The second-order valence-electron chi connectivity index (χ2n) is 5.65. The summed E-state index contributed by atoms with van der Waals surface area (Å²) in [5, 5.41) is 3.69. The van der Waals surface area contributed by atoms with Crippen molar-refractivity contribution in [3.8, 4) is 0 Å². The quantitative estimate of drug-likeness (QED) is 0.877. The molecule has 1 saturated heterocycles. The van der Waals surface area contributed by atoms with Crippen molar-refractivity contribution in [2.24, 2.45) is 0 Å². The van der Waals surface area contributed by atoms with Crippen molar-refractivity contribution in [2.75, 3.05) is 38.6 Å². The zero-order valence-electron chi connectivity index (χ0n) is 12.5. The predicted molar refractivity (Wildman–Crippen MR) is 82.7 cm³/mol. The lowest BCUT2D eigenvalue weighted by molar-refractivity contribution is 0.206. The molecule has 1 N–H and O–H groups in total. The van der Waals surface area contributed by atoms with Gasteiger partial charge in [0.1, 0.15) is 0 Å². The number of likely N-dealkylation sites (tertiary alicyclic amines) is 1. The average Bonchev–Trinajstić information content (AvgIpc) is 2.46. The normalized spacial score (nSPS) is 17.6. The highest BCUT2D eigenvalue weighted by Crippen LogP contribution is 2.14. The van der Waals surface area contributed by atoms with Crippen LogP contribution in [0, 0.1) is 0 Å². The van der Waals surface area contributed by atoms with E-state index in [1.165, 1.54) is 43.7 Å². The van der Waals surface area contributed by atoms with Gasteiger partial charge in [-0.2, -0.15) is 0 Å². The number of anilines is 1. The van der Waals surface area contributed by atoms with E-state index in [2.05, 4.69) is 60.4 Å². The Kier molecular flexibility index (Phi) is 5.23. The molecule has 3 heteroatoms. The summed E-state index contributed by atoms with van der Waals surface area (Å²) in [4.78, 5) is 4.67. The van der Waals surface area contributed by atoms with Gasteiger partial charge in [0.05, 0.1) is 0 Å². The first-order valence-electron chi connectivity index (χ1n) is 7.41. The molecule has 0 aromatic heterocycles. The van der Waals surface area contributed by atoms with Crippen LogP contribution in [0.3, 0.4) is 0 Å². The Morgan fingerprint density at radius 1 is 1.16 bits per heavy atom. The van der Waals surface area contributed by atoms with Gasteiger partial charge in [-0.25, -0.2) is 0 Å². The van der Waals surface area contributed by atoms with Crippen molar-refractivity contribution >= 4 is 5.69 Å². The Morgan fingerprint density at radius 3 is 2.32 bits per heavy atom. The summed E-state index contributed by atoms with van der Waals surface area (Å²) >= 11 is 0. The van der Waals surface area contributed by atoms with Crippen LogP contribution in [0.25, 0.3) is 0 Å². The van der Waals surface area contributed by atoms with Gasteiger partial charge in [0.15, 0.2) is 0 Å². The summed E-state index contributed by atoms with van der Waals surface area (Å²) in [7, 11) is 4.16. The Bertz CT molecular complexity index is 364. The standard InChI is InChI=1S/C16H27N3/c1-4-19-11-9-15(10-12-19)17-13-14-5-7-16(8-6-14)18(2)3/h5-8,15,17H,4,9-13H2,1-3H3. The van der Waals surface area contributed by atoms with Crippen molar-refractivity contribution in [2.45, 2.75) is 32.4 Å². The molecule has 0 bridgehead atoms. The van der Waals surface area contributed by atoms with E-state index in [1.54, 1.807) is 0 Å². The third-order valence-corrected chi connectivity index (χ3v) is 4.08. The first-order chi connectivity index (χ1) is 9.19. The Hall–Kier alpha value is -1.06. The molecule has 1 fully saturated rings. The number of benzene rings is 1. The molecule has 0 radical (unpaired) electrons. The van der Waals surface area contributed by atoms with E-state index in [0.29, 0.717) is 6.04 Å². The minimum absolute atomic E-state index is 0.691.